The van der Waals surface area contributed by atoms with Gasteiger partial charge in [0.15, 0.2) is 0 Å². The van der Waals surface area contributed by atoms with Gasteiger partial charge in [0, 0.05) is 0 Å². The zero-order chi connectivity index (χ0) is 13.1. The van der Waals surface area contributed by atoms with E-state index in [-0.39, 0.29) is 0 Å². The zero-order valence-corrected chi connectivity index (χ0v) is 12.7. The molecule has 0 bridgehead atoms. The third kappa shape index (κ3) is 3.72. The van der Waals surface area contributed by atoms with Crippen LogP contribution >= 0.6 is 0 Å². The van der Waals surface area contributed by atoms with Crippen LogP contribution in [0.1, 0.15) is 73.6 Å². The van der Waals surface area contributed by atoms with Crippen LogP contribution in [0.5, 0.6) is 0 Å². The SMILES string of the molecule is CC/C=C(\C)CC(C)C1=C(C)CCCC1(C)C. The first-order chi connectivity index (χ1) is 7.88. The van der Waals surface area contributed by atoms with Crippen LogP contribution in [0.25, 0.3) is 0 Å². The summed E-state index contributed by atoms with van der Waals surface area (Å²) in [6, 6.07) is 0. The van der Waals surface area contributed by atoms with Crippen LogP contribution in [0, 0.1) is 11.3 Å². The molecular formula is C17H30. The summed E-state index contributed by atoms with van der Waals surface area (Å²) < 4.78 is 0. The third-order valence-corrected chi connectivity index (χ3v) is 4.22. The second kappa shape index (κ2) is 5.89. The van der Waals surface area contributed by atoms with Crippen molar-refractivity contribution in [2.24, 2.45) is 11.3 Å². The fourth-order valence-corrected chi connectivity index (χ4v) is 3.75. The smallest absolute Gasteiger partial charge is 0.0139 e. The van der Waals surface area contributed by atoms with Gasteiger partial charge in [0.25, 0.3) is 0 Å². The van der Waals surface area contributed by atoms with Gasteiger partial charge in [0.1, 0.15) is 0 Å². The highest BCUT2D eigenvalue weighted by molar-refractivity contribution is 5.25. The molecule has 1 rings (SSSR count). The van der Waals surface area contributed by atoms with Crippen LogP contribution in [0.3, 0.4) is 0 Å². The predicted octanol–water partition coefficient (Wildman–Crippen LogP) is 5.90. The lowest BCUT2D eigenvalue weighted by Gasteiger charge is -2.38. The average molecular weight is 234 g/mol. The standard InChI is InChI=1S/C17H30/c1-7-9-13(2)12-15(4)16-14(3)10-8-11-17(16,5)6/h9,15H,7-8,10-12H2,1-6H3/b13-9+. The lowest BCUT2D eigenvalue weighted by molar-refractivity contribution is 0.327. The topological polar surface area (TPSA) is 0 Å². The molecule has 0 N–H and O–H groups in total. The van der Waals surface area contributed by atoms with E-state index in [1.54, 1.807) is 16.7 Å². The van der Waals surface area contributed by atoms with E-state index in [2.05, 4.69) is 47.6 Å². The van der Waals surface area contributed by atoms with Crippen molar-refractivity contribution in [3.05, 3.63) is 22.8 Å². The molecule has 17 heavy (non-hydrogen) atoms. The highest BCUT2D eigenvalue weighted by atomic mass is 14.4. The number of rotatable bonds is 4. The van der Waals surface area contributed by atoms with E-state index in [0.717, 1.165) is 0 Å². The molecule has 0 heterocycles. The molecule has 98 valence electrons. The molecular weight excluding hydrogens is 204 g/mol. The van der Waals surface area contributed by atoms with Gasteiger partial charge in [-0.05, 0) is 57.3 Å². The van der Waals surface area contributed by atoms with E-state index in [4.69, 9.17) is 0 Å². The first-order valence-corrected chi connectivity index (χ1v) is 7.24. The Hall–Kier alpha value is -0.520. The Morgan fingerprint density at radius 1 is 1.41 bits per heavy atom. The van der Waals surface area contributed by atoms with Gasteiger partial charge in [-0.15, -0.1) is 0 Å². The quantitative estimate of drug-likeness (QED) is 0.532. The molecule has 0 fully saturated rings. The monoisotopic (exact) mass is 234 g/mol. The summed E-state index contributed by atoms with van der Waals surface area (Å²) >= 11 is 0. The van der Waals surface area contributed by atoms with Crippen molar-refractivity contribution in [3.63, 3.8) is 0 Å². The highest BCUT2D eigenvalue weighted by Crippen LogP contribution is 2.45. The van der Waals surface area contributed by atoms with E-state index in [1.165, 1.54) is 32.1 Å². The minimum atomic E-state index is 0.425. The van der Waals surface area contributed by atoms with Crippen molar-refractivity contribution in [1.29, 1.82) is 0 Å². The molecule has 0 nitrogen and oxygen atoms in total. The lowest BCUT2D eigenvalue weighted by atomic mass is 9.67. The Bertz CT molecular complexity index is 315. The van der Waals surface area contributed by atoms with Crippen molar-refractivity contribution in [2.45, 2.75) is 73.6 Å². The average Bonchev–Trinajstić information content (AvgIpc) is 2.15. The van der Waals surface area contributed by atoms with Crippen LogP contribution in [0.2, 0.25) is 0 Å². The minimum Gasteiger partial charge on any atom is -0.0859 e. The molecule has 0 heteroatoms. The van der Waals surface area contributed by atoms with Crippen LogP contribution in [-0.4, -0.2) is 0 Å². The van der Waals surface area contributed by atoms with E-state index in [0.29, 0.717) is 11.3 Å². The molecule has 0 saturated carbocycles. The summed E-state index contributed by atoms with van der Waals surface area (Å²) in [5.74, 6) is 0.716. The predicted molar refractivity (Wildman–Crippen MR) is 78.2 cm³/mol. The number of allylic oxidation sites excluding steroid dienone is 4. The van der Waals surface area contributed by atoms with Crippen LogP contribution < -0.4 is 0 Å². The normalized spacial score (nSPS) is 22.8. The molecule has 1 unspecified atom stereocenters. The molecule has 1 aliphatic carbocycles. The van der Waals surface area contributed by atoms with Gasteiger partial charge in [-0.25, -0.2) is 0 Å². The van der Waals surface area contributed by atoms with E-state index < -0.39 is 0 Å². The molecule has 0 saturated heterocycles. The molecule has 0 aromatic rings. The van der Waals surface area contributed by atoms with Gasteiger partial charge in [-0.2, -0.15) is 0 Å². The Morgan fingerprint density at radius 3 is 2.59 bits per heavy atom. The van der Waals surface area contributed by atoms with Crippen molar-refractivity contribution >= 4 is 0 Å². The summed E-state index contributed by atoms with van der Waals surface area (Å²) in [6.45, 7) is 14.1. The van der Waals surface area contributed by atoms with Gasteiger partial charge >= 0.3 is 0 Å². The summed E-state index contributed by atoms with van der Waals surface area (Å²) in [7, 11) is 0. The summed E-state index contributed by atoms with van der Waals surface area (Å²) in [6.07, 6.45) is 8.84. The molecule has 0 amide bonds. The Morgan fingerprint density at radius 2 is 2.06 bits per heavy atom. The minimum absolute atomic E-state index is 0.425. The lowest BCUT2D eigenvalue weighted by Crippen LogP contribution is -2.25. The first-order valence-electron chi connectivity index (χ1n) is 7.24. The van der Waals surface area contributed by atoms with Crippen molar-refractivity contribution in [2.75, 3.05) is 0 Å². The van der Waals surface area contributed by atoms with Crippen LogP contribution in [0.15, 0.2) is 22.8 Å². The number of hydrogen-bond acceptors (Lipinski definition) is 0. The molecule has 0 radical (unpaired) electrons. The Labute approximate surface area is 108 Å². The molecule has 1 atom stereocenters. The molecule has 0 aromatic carbocycles. The molecule has 0 aliphatic heterocycles. The third-order valence-electron chi connectivity index (χ3n) is 4.22. The highest BCUT2D eigenvalue weighted by Gasteiger charge is 2.31. The van der Waals surface area contributed by atoms with Gasteiger partial charge in [-0.1, -0.05) is 50.5 Å². The first kappa shape index (κ1) is 14.5. The maximum absolute atomic E-state index is 2.43. The Balaban J connectivity index is 2.86. The summed E-state index contributed by atoms with van der Waals surface area (Å²) in [5.41, 5.74) is 5.39. The Kier molecular flexibility index (Phi) is 5.04. The summed E-state index contributed by atoms with van der Waals surface area (Å²) in [5, 5.41) is 0. The van der Waals surface area contributed by atoms with Crippen molar-refractivity contribution < 1.29 is 0 Å². The van der Waals surface area contributed by atoms with Crippen molar-refractivity contribution in [3.8, 4) is 0 Å². The van der Waals surface area contributed by atoms with Gasteiger partial charge in [0.05, 0.1) is 0 Å². The number of hydrogen-bond donors (Lipinski definition) is 0. The van der Waals surface area contributed by atoms with Gasteiger partial charge in [0.2, 0.25) is 0 Å². The zero-order valence-electron chi connectivity index (χ0n) is 12.7. The molecule has 1 aliphatic rings. The van der Waals surface area contributed by atoms with E-state index in [1.807, 2.05) is 0 Å². The fraction of sp³-hybridized carbons (Fsp3) is 0.765. The summed E-state index contributed by atoms with van der Waals surface area (Å²) in [4.78, 5) is 0. The van der Waals surface area contributed by atoms with Crippen LogP contribution in [-0.2, 0) is 0 Å². The van der Waals surface area contributed by atoms with Crippen LogP contribution in [0.4, 0.5) is 0 Å². The van der Waals surface area contributed by atoms with E-state index in [9.17, 15) is 0 Å². The fourth-order valence-electron chi connectivity index (χ4n) is 3.75. The molecule has 0 aromatic heterocycles. The van der Waals surface area contributed by atoms with Gasteiger partial charge < -0.3 is 0 Å². The van der Waals surface area contributed by atoms with Crippen molar-refractivity contribution in [1.82, 2.24) is 0 Å². The second-order valence-electron chi connectivity index (χ2n) is 6.50. The maximum Gasteiger partial charge on any atom is -0.0139 e. The maximum atomic E-state index is 2.43. The second-order valence-corrected chi connectivity index (χ2v) is 6.50. The van der Waals surface area contributed by atoms with Gasteiger partial charge in [-0.3, -0.25) is 0 Å². The largest absolute Gasteiger partial charge is 0.0859 e. The van der Waals surface area contributed by atoms with E-state index >= 15 is 0 Å². The molecule has 0 spiro atoms.